The molecule has 3 unspecified atom stereocenters. The molecule has 5 aliphatic rings. The highest BCUT2D eigenvalue weighted by molar-refractivity contribution is 5.69. The molecule has 0 amide bonds. The van der Waals surface area contributed by atoms with Crippen LogP contribution in [0.3, 0.4) is 0 Å². The van der Waals surface area contributed by atoms with Crippen LogP contribution in [0.5, 0.6) is 0 Å². The van der Waals surface area contributed by atoms with Crippen LogP contribution in [0.25, 0.3) is 0 Å². The summed E-state index contributed by atoms with van der Waals surface area (Å²) in [5, 5.41) is 15.1. The lowest BCUT2D eigenvalue weighted by Crippen LogP contribution is -2.60. The molecule has 5 fully saturated rings. The van der Waals surface area contributed by atoms with Crippen LogP contribution < -0.4 is 5.32 Å². The Morgan fingerprint density at radius 2 is 1.74 bits per heavy atom. The van der Waals surface area contributed by atoms with E-state index < -0.39 is 0 Å². The number of esters is 1. The van der Waals surface area contributed by atoms with E-state index in [4.69, 9.17) is 4.74 Å². The van der Waals surface area contributed by atoms with Crippen LogP contribution in [-0.2, 0) is 9.53 Å². The largest absolute Gasteiger partial charge is 0.469 e. The molecule has 1 heterocycles. The summed E-state index contributed by atoms with van der Waals surface area (Å²) in [4.78, 5) is 14.5. The summed E-state index contributed by atoms with van der Waals surface area (Å²) in [6.07, 6.45) is 11.5. The number of aliphatic hydroxyl groups is 1. The first-order chi connectivity index (χ1) is 16.3. The van der Waals surface area contributed by atoms with Crippen molar-refractivity contribution in [1.82, 2.24) is 10.2 Å². The third-order valence-electron chi connectivity index (χ3n) is 12.1. The van der Waals surface area contributed by atoms with E-state index in [0.29, 0.717) is 47.0 Å². The Bertz CT molecular complexity index is 739. The number of carbonyl (C=O) groups excluding carboxylic acids is 1. The average molecular weight is 475 g/mol. The molecular formula is C29H50N2O3. The second-order valence-corrected chi connectivity index (χ2v) is 13.3. The van der Waals surface area contributed by atoms with Gasteiger partial charge >= 0.3 is 5.97 Å². The number of rotatable bonds is 5. The summed E-state index contributed by atoms with van der Waals surface area (Å²) in [7, 11) is 1.50. The van der Waals surface area contributed by atoms with Gasteiger partial charge in [-0.1, -0.05) is 20.8 Å². The molecule has 0 aromatic rings. The monoisotopic (exact) mass is 474 g/mol. The summed E-state index contributed by atoms with van der Waals surface area (Å²) >= 11 is 0. The molecule has 0 aromatic carbocycles. The Morgan fingerprint density at radius 1 is 1.03 bits per heavy atom. The van der Waals surface area contributed by atoms with Gasteiger partial charge in [0.15, 0.2) is 0 Å². The molecule has 0 bridgehead atoms. The molecule has 4 saturated carbocycles. The van der Waals surface area contributed by atoms with Crippen LogP contribution in [0.4, 0.5) is 0 Å². The Hall–Kier alpha value is -0.650. The molecule has 0 aromatic heterocycles. The number of fused-ring (bicyclic) bond motifs is 5. The van der Waals surface area contributed by atoms with E-state index in [0.717, 1.165) is 37.8 Å². The molecule has 4 aliphatic carbocycles. The second-order valence-electron chi connectivity index (χ2n) is 13.3. The van der Waals surface area contributed by atoms with Crippen molar-refractivity contribution < 1.29 is 14.6 Å². The molecule has 194 valence electrons. The third kappa shape index (κ3) is 4.16. The van der Waals surface area contributed by atoms with Crippen LogP contribution in [-0.4, -0.2) is 61.4 Å². The lowest BCUT2D eigenvalue weighted by Gasteiger charge is -2.63. The molecule has 34 heavy (non-hydrogen) atoms. The summed E-state index contributed by atoms with van der Waals surface area (Å²) in [5.41, 5.74) is 0.681. The van der Waals surface area contributed by atoms with Gasteiger partial charge in [0.2, 0.25) is 0 Å². The number of nitrogens with one attached hydrogen (secondary N) is 1. The molecule has 0 radical (unpaired) electrons. The minimum Gasteiger partial charge on any atom is -0.469 e. The van der Waals surface area contributed by atoms with Crippen molar-refractivity contribution in [3.63, 3.8) is 0 Å². The maximum Gasteiger partial charge on any atom is 0.305 e. The standard InChI is InChI=1S/C29H50N2O3/c1-19(5-8-27(33)34-4)22-6-7-23-21-18-26(32)25-17-20(31-15-13-30-14-16-31)9-11-29(25,3)24(21)10-12-28(22,23)2/h19-26,30,32H,5-18H2,1-4H3/t19-,20+,21?,22-,23?,24?,25-,26-,28-,29-/m1/s1. The lowest BCUT2D eigenvalue weighted by atomic mass is 9.43. The predicted octanol–water partition coefficient (Wildman–Crippen LogP) is 4.48. The van der Waals surface area contributed by atoms with Gasteiger partial charge in [-0.25, -0.2) is 0 Å². The van der Waals surface area contributed by atoms with Crippen LogP contribution in [0, 0.1) is 46.3 Å². The number of nitrogens with zero attached hydrogens (tertiary/aromatic N) is 1. The van der Waals surface area contributed by atoms with E-state index in [1.54, 1.807) is 0 Å². The van der Waals surface area contributed by atoms with Crippen molar-refractivity contribution in [2.75, 3.05) is 33.3 Å². The van der Waals surface area contributed by atoms with E-state index >= 15 is 0 Å². The van der Waals surface area contributed by atoms with Crippen LogP contribution >= 0.6 is 0 Å². The van der Waals surface area contributed by atoms with Crippen LogP contribution in [0.1, 0.15) is 85.0 Å². The molecule has 5 nitrogen and oxygen atoms in total. The van der Waals surface area contributed by atoms with E-state index in [9.17, 15) is 9.90 Å². The first kappa shape index (κ1) is 25.0. The fourth-order valence-corrected chi connectivity index (χ4v) is 10.3. The average Bonchev–Trinajstić information content (AvgIpc) is 3.20. The molecule has 10 atom stereocenters. The number of hydrogen-bond donors (Lipinski definition) is 2. The Balaban J connectivity index is 1.29. The minimum atomic E-state index is -0.130. The van der Waals surface area contributed by atoms with E-state index in [1.165, 1.54) is 65.1 Å². The maximum absolute atomic E-state index is 11.8. The summed E-state index contributed by atoms with van der Waals surface area (Å²) in [6.45, 7) is 12.1. The topological polar surface area (TPSA) is 61.8 Å². The van der Waals surface area contributed by atoms with Gasteiger partial charge in [-0.3, -0.25) is 9.69 Å². The van der Waals surface area contributed by atoms with Crippen LogP contribution in [0.15, 0.2) is 0 Å². The number of carbonyl (C=O) groups is 1. The molecule has 5 heteroatoms. The zero-order valence-electron chi connectivity index (χ0n) is 22.2. The SMILES string of the molecule is COC(=O)CC[C@@H](C)[C@H]1CCC2C3C[C@@H](O)[C@H]4C[C@@H](N5CCNCC5)CC[C@]4(C)C3CC[C@@]21C. The maximum atomic E-state index is 11.8. The predicted molar refractivity (Wildman–Crippen MR) is 135 cm³/mol. The Labute approximate surface area is 207 Å². The van der Waals surface area contributed by atoms with Crippen LogP contribution in [0.2, 0.25) is 0 Å². The Kier molecular flexibility index (Phi) is 7.11. The highest BCUT2D eigenvalue weighted by Crippen LogP contribution is 2.68. The molecule has 0 spiro atoms. The van der Waals surface area contributed by atoms with E-state index in [1.807, 2.05) is 0 Å². The van der Waals surface area contributed by atoms with Gasteiger partial charge in [-0.2, -0.15) is 0 Å². The molecule has 2 N–H and O–H groups in total. The fourth-order valence-electron chi connectivity index (χ4n) is 10.3. The zero-order valence-corrected chi connectivity index (χ0v) is 22.2. The van der Waals surface area contributed by atoms with Crippen molar-refractivity contribution in [2.45, 2.75) is 97.1 Å². The second kappa shape index (κ2) is 9.67. The highest BCUT2D eigenvalue weighted by atomic mass is 16.5. The van der Waals surface area contributed by atoms with Crippen molar-refractivity contribution >= 4 is 5.97 Å². The first-order valence-corrected chi connectivity index (χ1v) is 14.5. The summed E-state index contributed by atoms with van der Waals surface area (Å²) in [5.74, 6) is 3.89. The van der Waals surface area contributed by atoms with E-state index in [-0.39, 0.29) is 12.1 Å². The normalized spacial score (nSPS) is 47.9. The van der Waals surface area contributed by atoms with Crippen molar-refractivity contribution in [3.05, 3.63) is 0 Å². The minimum absolute atomic E-state index is 0.0685. The van der Waals surface area contributed by atoms with Crippen molar-refractivity contribution in [2.24, 2.45) is 46.3 Å². The van der Waals surface area contributed by atoms with Crippen molar-refractivity contribution in [1.29, 1.82) is 0 Å². The number of ether oxygens (including phenoxy) is 1. The van der Waals surface area contributed by atoms with Gasteiger partial charge in [-0.15, -0.1) is 0 Å². The molecular weight excluding hydrogens is 424 g/mol. The van der Waals surface area contributed by atoms with Gasteiger partial charge in [-0.05, 0) is 104 Å². The van der Waals surface area contributed by atoms with Gasteiger partial charge in [0.05, 0.1) is 13.2 Å². The van der Waals surface area contributed by atoms with Gasteiger partial charge in [0.1, 0.15) is 0 Å². The zero-order chi connectivity index (χ0) is 24.1. The molecule has 5 rings (SSSR count). The summed E-state index contributed by atoms with van der Waals surface area (Å²) in [6, 6.07) is 0.673. The number of hydrogen-bond acceptors (Lipinski definition) is 5. The molecule has 1 saturated heterocycles. The number of piperazine rings is 1. The first-order valence-electron chi connectivity index (χ1n) is 14.5. The Morgan fingerprint density at radius 3 is 2.47 bits per heavy atom. The van der Waals surface area contributed by atoms with E-state index in [2.05, 4.69) is 31.0 Å². The lowest BCUT2D eigenvalue weighted by molar-refractivity contribution is -0.168. The summed E-state index contributed by atoms with van der Waals surface area (Å²) < 4.78 is 4.91. The highest BCUT2D eigenvalue weighted by Gasteiger charge is 2.62. The number of aliphatic hydroxyl groups excluding tert-OH is 1. The number of methoxy groups -OCH3 is 1. The van der Waals surface area contributed by atoms with Gasteiger partial charge in [0, 0.05) is 38.6 Å². The van der Waals surface area contributed by atoms with Crippen molar-refractivity contribution in [3.8, 4) is 0 Å². The smallest absolute Gasteiger partial charge is 0.305 e. The fraction of sp³-hybridized carbons (Fsp3) is 0.966. The van der Waals surface area contributed by atoms with Gasteiger partial charge < -0.3 is 15.2 Å². The molecule has 1 aliphatic heterocycles. The quantitative estimate of drug-likeness (QED) is 0.576. The van der Waals surface area contributed by atoms with Gasteiger partial charge in [0.25, 0.3) is 0 Å². The third-order valence-corrected chi connectivity index (χ3v) is 12.1.